The lowest BCUT2D eigenvalue weighted by Gasteiger charge is -2.04. The number of nitrogens with zero attached hydrogens (tertiary/aromatic N) is 2. The maximum Gasteiger partial charge on any atom is 0.224 e. The number of amides is 1. The average molecular weight is 304 g/mol. The number of para-hydroxylation sites is 1. The van der Waals surface area contributed by atoms with Crippen LogP contribution in [-0.2, 0) is 17.8 Å². The van der Waals surface area contributed by atoms with E-state index in [9.17, 15) is 4.79 Å². The van der Waals surface area contributed by atoms with Crippen LogP contribution in [0.2, 0.25) is 0 Å². The van der Waals surface area contributed by atoms with Gasteiger partial charge in [-0.3, -0.25) is 4.79 Å². The summed E-state index contributed by atoms with van der Waals surface area (Å²) in [4.78, 5) is 15.4. The molecule has 23 heavy (non-hydrogen) atoms. The third-order valence-corrected chi connectivity index (χ3v) is 4.01. The molecule has 0 saturated heterocycles. The molecule has 114 valence electrons. The summed E-state index contributed by atoms with van der Waals surface area (Å²) < 4.78 is 1.81. The first-order chi connectivity index (χ1) is 11.3. The van der Waals surface area contributed by atoms with Crippen LogP contribution in [0.3, 0.4) is 0 Å². The number of rotatable bonds is 4. The molecule has 1 amide bonds. The molecule has 0 aliphatic rings. The highest BCUT2D eigenvalue weighted by Crippen LogP contribution is 2.18. The van der Waals surface area contributed by atoms with Gasteiger partial charge in [-0.1, -0.05) is 24.3 Å². The summed E-state index contributed by atoms with van der Waals surface area (Å²) in [5.74, 6) is 0.00466. The minimum absolute atomic E-state index is 0.00466. The van der Waals surface area contributed by atoms with Gasteiger partial charge in [0.1, 0.15) is 0 Å². The van der Waals surface area contributed by atoms with E-state index in [-0.39, 0.29) is 5.91 Å². The number of fused-ring (bicyclic) bond motifs is 2. The van der Waals surface area contributed by atoms with Crippen molar-refractivity contribution < 1.29 is 4.79 Å². The first-order valence-electron chi connectivity index (χ1n) is 7.54. The normalized spacial score (nSPS) is 11.1. The van der Waals surface area contributed by atoms with Crippen LogP contribution in [0.1, 0.15) is 11.1 Å². The second-order valence-corrected chi connectivity index (χ2v) is 5.51. The van der Waals surface area contributed by atoms with Crippen molar-refractivity contribution in [2.24, 2.45) is 0 Å². The maximum absolute atomic E-state index is 12.2. The van der Waals surface area contributed by atoms with E-state index in [4.69, 9.17) is 0 Å². The fourth-order valence-corrected chi connectivity index (χ4v) is 2.83. The van der Waals surface area contributed by atoms with Crippen molar-refractivity contribution in [1.29, 1.82) is 0 Å². The molecular weight excluding hydrogens is 288 g/mol. The van der Waals surface area contributed by atoms with Crippen LogP contribution in [0.5, 0.6) is 0 Å². The van der Waals surface area contributed by atoms with Crippen molar-refractivity contribution in [1.82, 2.24) is 19.9 Å². The topological polar surface area (TPSA) is 62.2 Å². The van der Waals surface area contributed by atoms with Gasteiger partial charge in [0.2, 0.25) is 5.91 Å². The Balaban J connectivity index is 1.46. The summed E-state index contributed by atoms with van der Waals surface area (Å²) in [5, 5.41) is 8.34. The molecule has 2 N–H and O–H groups in total. The molecule has 4 rings (SSSR count). The van der Waals surface area contributed by atoms with Crippen LogP contribution >= 0.6 is 0 Å². The first kappa shape index (κ1) is 13.6. The number of H-pyrrole nitrogens is 1. The van der Waals surface area contributed by atoms with Crippen molar-refractivity contribution >= 4 is 22.3 Å². The molecule has 0 unspecified atom stereocenters. The monoisotopic (exact) mass is 304 g/mol. The van der Waals surface area contributed by atoms with Gasteiger partial charge in [0.05, 0.1) is 18.1 Å². The van der Waals surface area contributed by atoms with Gasteiger partial charge in [0.15, 0.2) is 0 Å². The van der Waals surface area contributed by atoms with Crippen molar-refractivity contribution in [2.45, 2.75) is 13.0 Å². The summed E-state index contributed by atoms with van der Waals surface area (Å²) >= 11 is 0. The second-order valence-electron chi connectivity index (χ2n) is 5.51. The van der Waals surface area contributed by atoms with Crippen LogP contribution in [0.25, 0.3) is 16.4 Å². The van der Waals surface area contributed by atoms with Crippen LogP contribution in [0, 0.1) is 0 Å². The number of hydrogen-bond donors (Lipinski definition) is 2. The standard InChI is InChI=1S/C18H16N4O/c23-18(9-13-10-19-16-6-2-1-5-15(13)16)20-11-14-12-21-22-8-4-3-7-17(14)22/h1-8,10,12,19H,9,11H2,(H,20,23). The van der Waals surface area contributed by atoms with Gasteiger partial charge in [-0.15, -0.1) is 0 Å². The van der Waals surface area contributed by atoms with E-state index in [0.29, 0.717) is 13.0 Å². The number of aromatic nitrogens is 3. The Morgan fingerprint density at radius 1 is 1.13 bits per heavy atom. The lowest BCUT2D eigenvalue weighted by Crippen LogP contribution is -2.24. The third kappa shape index (κ3) is 2.57. The Labute approximate surface area is 132 Å². The van der Waals surface area contributed by atoms with E-state index in [0.717, 1.165) is 27.5 Å². The summed E-state index contributed by atoms with van der Waals surface area (Å²) in [6.07, 6.45) is 5.96. The van der Waals surface area contributed by atoms with Crippen LogP contribution < -0.4 is 5.32 Å². The molecule has 0 aliphatic carbocycles. The highest BCUT2D eigenvalue weighted by Gasteiger charge is 2.09. The highest BCUT2D eigenvalue weighted by atomic mass is 16.1. The summed E-state index contributed by atoms with van der Waals surface area (Å²) in [7, 11) is 0. The number of benzene rings is 1. The summed E-state index contributed by atoms with van der Waals surface area (Å²) in [6, 6.07) is 13.9. The first-order valence-corrected chi connectivity index (χ1v) is 7.54. The molecule has 5 heteroatoms. The van der Waals surface area contributed by atoms with Gasteiger partial charge in [-0.2, -0.15) is 5.10 Å². The van der Waals surface area contributed by atoms with E-state index in [1.54, 1.807) is 10.7 Å². The van der Waals surface area contributed by atoms with Gasteiger partial charge in [-0.25, -0.2) is 4.52 Å². The van der Waals surface area contributed by atoms with Gasteiger partial charge in [0.25, 0.3) is 0 Å². The Morgan fingerprint density at radius 3 is 2.96 bits per heavy atom. The number of carbonyl (C=O) groups excluding carboxylic acids is 1. The van der Waals surface area contributed by atoms with Crippen LogP contribution in [0.15, 0.2) is 61.1 Å². The van der Waals surface area contributed by atoms with E-state index < -0.39 is 0 Å². The Hall–Kier alpha value is -3.08. The van der Waals surface area contributed by atoms with Crippen molar-refractivity contribution in [3.8, 4) is 0 Å². The molecule has 0 saturated carbocycles. The average Bonchev–Trinajstić information content (AvgIpc) is 3.18. The quantitative estimate of drug-likeness (QED) is 0.609. The fraction of sp³-hybridized carbons (Fsp3) is 0.111. The van der Waals surface area contributed by atoms with E-state index >= 15 is 0 Å². The molecule has 0 bridgehead atoms. The molecule has 3 aromatic heterocycles. The Kier molecular flexibility index (Phi) is 3.31. The summed E-state index contributed by atoms with van der Waals surface area (Å²) in [6.45, 7) is 0.481. The molecule has 4 aromatic rings. The molecule has 3 heterocycles. The molecule has 0 spiro atoms. The molecule has 1 aromatic carbocycles. The SMILES string of the molecule is O=C(Cc1c[nH]c2ccccc12)NCc1cnn2ccccc12. The van der Waals surface area contributed by atoms with Crippen LogP contribution in [0.4, 0.5) is 0 Å². The van der Waals surface area contributed by atoms with Crippen molar-refractivity contribution in [2.75, 3.05) is 0 Å². The number of nitrogens with one attached hydrogen (secondary N) is 2. The molecule has 5 nitrogen and oxygen atoms in total. The molecule has 0 aliphatic heterocycles. The largest absolute Gasteiger partial charge is 0.361 e. The van der Waals surface area contributed by atoms with Gasteiger partial charge in [-0.05, 0) is 23.8 Å². The number of carbonyl (C=O) groups is 1. The fourth-order valence-electron chi connectivity index (χ4n) is 2.83. The Morgan fingerprint density at radius 2 is 2.00 bits per heavy atom. The van der Waals surface area contributed by atoms with Crippen LogP contribution in [-0.4, -0.2) is 20.5 Å². The zero-order chi connectivity index (χ0) is 15.6. The highest BCUT2D eigenvalue weighted by molar-refractivity contribution is 5.88. The molecular formula is C18H16N4O. The van der Waals surface area contributed by atoms with Gasteiger partial charge < -0.3 is 10.3 Å². The van der Waals surface area contributed by atoms with E-state index in [1.807, 2.05) is 54.9 Å². The smallest absolute Gasteiger partial charge is 0.224 e. The zero-order valence-electron chi connectivity index (χ0n) is 12.5. The predicted octanol–water partition coefficient (Wildman–Crippen LogP) is 2.67. The maximum atomic E-state index is 12.2. The minimum Gasteiger partial charge on any atom is -0.361 e. The van der Waals surface area contributed by atoms with E-state index in [2.05, 4.69) is 15.4 Å². The summed E-state index contributed by atoms with van der Waals surface area (Å²) in [5.41, 5.74) is 4.09. The second kappa shape index (κ2) is 5.61. The van der Waals surface area contributed by atoms with Gasteiger partial charge in [0, 0.05) is 35.4 Å². The molecule has 0 fully saturated rings. The predicted molar refractivity (Wildman–Crippen MR) is 89.0 cm³/mol. The Bertz CT molecular complexity index is 983. The van der Waals surface area contributed by atoms with Gasteiger partial charge >= 0.3 is 0 Å². The number of pyridine rings is 1. The van der Waals surface area contributed by atoms with Crippen molar-refractivity contribution in [3.63, 3.8) is 0 Å². The number of hydrogen-bond acceptors (Lipinski definition) is 2. The third-order valence-electron chi connectivity index (χ3n) is 4.01. The minimum atomic E-state index is 0.00466. The zero-order valence-corrected chi connectivity index (χ0v) is 12.5. The molecule has 0 radical (unpaired) electrons. The van der Waals surface area contributed by atoms with E-state index in [1.165, 1.54) is 0 Å². The lowest BCUT2D eigenvalue weighted by atomic mass is 10.1. The molecule has 0 atom stereocenters. The van der Waals surface area contributed by atoms with Crippen molar-refractivity contribution in [3.05, 3.63) is 72.2 Å². The lowest BCUT2D eigenvalue weighted by molar-refractivity contribution is -0.120. The number of aromatic amines is 1.